The minimum atomic E-state index is -0.469. The number of hydrogen-bond acceptors (Lipinski definition) is 4. The third-order valence-electron chi connectivity index (χ3n) is 3.97. The van der Waals surface area contributed by atoms with Crippen LogP contribution in [0.2, 0.25) is 5.02 Å². The lowest BCUT2D eigenvalue weighted by atomic mass is 9.99. The van der Waals surface area contributed by atoms with Gasteiger partial charge < -0.3 is 10.6 Å². The second kappa shape index (κ2) is 5.85. The van der Waals surface area contributed by atoms with Crippen LogP contribution in [0.4, 0.5) is 17.1 Å². The molecular formula is C16H16ClN3O2. The SMILES string of the molecule is Nc1cccc2c1CCCN2Cc1ccc([N+](=O)[O-])c(Cl)c1. The van der Waals surface area contributed by atoms with Gasteiger partial charge in [-0.05, 0) is 42.2 Å². The van der Waals surface area contributed by atoms with Crippen molar-refractivity contribution in [1.82, 2.24) is 0 Å². The van der Waals surface area contributed by atoms with Crippen molar-refractivity contribution in [2.75, 3.05) is 17.2 Å². The highest BCUT2D eigenvalue weighted by Gasteiger charge is 2.19. The molecule has 0 spiro atoms. The van der Waals surface area contributed by atoms with Crippen LogP contribution in [0, 0.1) is 10.1 Å². The van der Waals surface area contributed by atoms with E-state index in [1.165, 1.54) is 11.6 Å². The molecule has 0 atom stereocenters. The lowest BCUT2D eigenvalue weighted by Crippen LogP contribution is -2.29. The van der Waals surface area contributed by atoms with Crippen LogP contribution >= 0.6 is 11.6 Å². The molecule has 114 valence electrons. The Bertz CT molecular complexity index is 733. The van der Waals surface area contributed by atoms with Gasteiger partial charge in [0.2, 0.25) is 0 Å². The molecular weight excluding hydrogens is 302 g/mol. The van der Waals surface area contributed by atoms with Crippen molar-refractivity contribution in [3.8, 4) is 0 Å². The quantitative estimate of drug-likeness (QED) is 0.531. The molecule has 1 aliphatic heterocycles. The fourth-order valence-corrected chi connectivity index (χ4v) is 3.18. The molecule has 0 unspecified atom stereocenters. The second-order valence-corrected chi connectivity index (χ2v) is 5.82. The Morgan fingerprint density at radius 3 is 2.86 bits per heavy atom. The molecule has 0 saturated heterocycles. The predicted molar refractivity (Wildman–Crippen MR) is 88.3 cm³/mol. The molecule has 1 heterocycles. The topological polar surface area (TPSA) is 72.4 Å². The molecule has 0 aliphatic carbocycles. The summed E-state index contributed by atoms with van der Waals surface area (Å²) in [6, 6.07) is 10.8. The lowest BCUT2D eigenvalue weighted by molar-refractivity contribution is -0.384. The summed E-state index contributed by atoms with van der Waals surface area (Å²) < 4.78 is 0. The van der Waals surface area contributed by atoms with E-state index in [-0.39, 0.29) is 10.7 Å². The minimum Gasteiger partial charge on any atom is -0.398 e. The van der Waals surface area contributed by atoms with Gasteiger partial charge in [0, 0.05) is 30.5 Å². The van der Waals surface area contributed by atoms with E-state index in [4.69, 9.17) is 17.3 Å². The Balaban J connectivity index is 1.88. The maximum atomic E-state index is 10.8. The zero-order valence-corrected chi connectivity index (χ0v) is 12.7. The van der Waals surface area contributed by atoms with Crippen molar-refractivity contribution >= 4 is 28.7 Å². The normalized spacial score (nSPS) is 13.8. The van der Waals surface area contributed by atoms with E-state index in [2.05, 4.69) is 11.0 Å². The van der Waals surface area contributed by atoms with E-state index in [0.29, 0.717) is 6.54 Å². The molecule has 0 bridgehead atoms. The van der Waals surface area contributed by atoms with Gasteiger partial charge >= 0.3 is 0 Å². The number of benzene rings is 2. The standard InChI is InChI=1S/C16H16ClN3O2/c17-13-9-11(6-7-16(13)20(21)22)10-19-8-2-3-12-14(18)4-1-5-15(12)19/h1,4-7,9H,2-3,8,10,18H2. The number of nitrogen functional groups attached to an aromatic ring is 1. The number of nitrogens with two attached hydrogens (primary N) is 1. The van der Waals surface area contributed by atoms with E-state index in [9.17, 15) is 10.1 Å². The molecule has 2 aromatic rings. The largest absolute Gasteiger partial charge is 0.398 e. The Labute approximate surface area is 133 Å². The van der Waals surface area contributed by atoms with E-state index < -0.39 is 4.92 Å². The first-order valence-electron chi connectivity index (χ1n) is 7.11. The smallest absolute Gasteiger partial charge is 0.287 e. The van der Waals surface area contributed by atoms with Crippen LogP contribution < -0.4 is 10.6 Å². The second-order valence-electron chi connectivity index (χ2n) is 5.41. The Morgan fingerprint density at radius 2 is 2.14 bits per heavy atom. The Hall–Kier alpha value is -2.27. The number of nitro groups is 1. The number of anilines is 2. The number of hydrogen-bond donors (Lipinski definition) is 1. The highest BCUT2D eigenvalue weighted by molar-refractivity contribution is 6.32. The van der Waals surface area contributed by atoms with E-state index in [1.807, 2.05) is 12.1 Å². The molecule has 0 radical (unpaired) electrons. The van der Waals surface area contributed by atoms with Gasteiger partial charge in [0.25, 0.3) is 5.69 Å². The fourth-order valence-electron chi connectivity index (χ4n) is 2.91. The molecule has 0 fully saturated rings. The van der Waals surface area contributed by atoms with Crippen molar-refractivity contribution in [2.24, 2.45) is 0 Å². The number of nitro benzene ring substituents is 1. The van der Waals surface area contributed by atoms with Gasteiger partial charge in [-0.2, -0.15) is 0 Å². The van der Waals surface area contributed by atoms with Crippen molar-refractivity contribution < 1.29 is 4.92 Å². The van der Waals surface area contributed by atoms with Crippen molar-refractivity contribution in [3.05, 3.63) is 62.7 Å². The summed E-state index contributed by atoms with van der Waals surface area (Å²) in [5, 5.41) is 11.0. The molecule has 1 aliphatic rings. The average molecular weight is 318 g/mol. The van der Waals surface area contributed by atoms with Crippen molar-refractivity contribution in [1.29, 1.82) is 0 Å². The average Bonchev–Trinajstić information content (AvgIpc) is 2.48. The number of rotatable bonds is 3. The highest BCUT2D eigenvalue weighted by Crippen LogP contribution is 2.33. The maximum absolute atomic E-state index is 10.8. The first kappa shape index (κ1) is 14.7. The van der Waals surface area contributed by atoms with Gasteiger partial charge in [0.05, 0.1) is 4.92 Å². The van der Waals surface area contributed by atoms with Crippen LogP contribution in [-0.4, -0.2) is 11.5 Å². The molecule has 3 rings (SSSR count). The molecule has 0 amide bonds. The summed E-state index contributed by atoms with van der Waals surface area (Å²) in [5.41, 5.74) is 10.1. The van der Waals surface area contributed by atoms with Gasteiger partial charge in [-0.3, -0.25) is 10.1 Å². The van der Waals surface area contributed by atoms with E-state index in [0.717, 1.165) is 36.3 Å². The minimum absolute atomic E-state index is 0.0614. The third-order valence-corrected chi connectivity index (χ3v) is 4.27. The molecule has 5 nitrogen and oxygen atoms in total. The zero-order chi connectivity index (χ0) is 15.7. The van der Waals surface area contributed by atoms with E-state index in [1.54, 1.807) is 12.1 Å². The van der Waals surface area contributed by atoms with Gasteiger partial charge in [0.1, 0.15) is 5.02 Å². The molecule has 2 aromatic carbocycles. The van der Waals surface area contributed by atoms with Gasteiger partial charge in [0.15, 0.2) is 0 Å². The summed E-state index contributed by atoms with van der Waals surface area (Å²) in [6.07, 6.45) is 2.03. The van der Waals surface area contributed by atoms with E-state index >= 15 is 0 Å². The first-order chi connectivity index (χ1) is 10.6. The van der Waals surface area contributed by atoms with Gasteiger partial charge in [-0.25, -0.2) is 0 Å². The number of nitrogens with zero attached hydrogens (tertiary/aromatic N) is 2. The lowest BCUT2D eigenvalue weighted by Gasteiger charge is -2.32. The third kappa shape index (κ3) is 2.72. The number of halogens is 1. The molecule has 22 heavy (non-hydrogen) atoms. The molecule has 2 N–H and O–H groups in total. The Kier molecular flexibility index (Phi) is 3.90. The summed E-state index contributed by atoms with van der Waals surface area (Å²) in [5.74, 6) is 0. The van der Waals surface area contributed by atoms with Crippen LogP contribution in [0.1, 0.15) is 17.5 Å². The molecule has 6 heteroatoms. The predicted octanol–water partition coefficient (Wildman–Crippen LogP) is 3.78. The molecule has 0 saturated carbocycles. The van der Waals surface area contributed by atoms with Gasteiger partial charge in [-0.15, -0.1) is 0 Å². The monoisotopic (exact) mass is 317 g/mol. The van der Waals surface area contributed by atoms with Crippen LogP contribution in [0.3, 0.4) is 0 Å². The van der Waals surface area contributed by atoms with Crippen molar-refractivity contribution in [2.45, 2.75) is 19.4 Å². The summed E-state index contributed by atoms with van der Waals surface area (Å²) in [4.78, 5) is 12.6. The van der Waals surface area contributed by atoms with Crippen LogP contribution in [0.5, 0.6) is 0 Å². The summed E-state index contributed by atoms with van der Waals surface area (Å²) >= 11 is 5.99. The van der Waals surface area contributed by atoms with Crippen LogP contribution in [0.25, 0.3) is 0 Å². The highest BCUT2D eigenvalue weighted by atomic mass is 35.5. The number of fused-ring (bicyclic) bond motifs is 1. The first-order valence-corrected chi connectivity index (χ1v) is 7.49. The van der Waals surface area contributed by atoms with Gasteiger partial charge in [-0.1, -0.05) is 23.7 Å². The summed E-state index contributed by atoms with van der Waals surface area (Å²) in [6.45, 7) is 1.60. The Morgan fingerprint density at radius 1 is 1.32 bits per heavy atom. The zero-order valence-electron chi connectivity index (χ0n) is 12.0. The van der Waals surface area contributed by atoms with Crippen LogP contribution in [-0.2, 0) is 13.0 Å². The summed E-state index contributed by atoms with van der Waals surface area (Å²) in [7, 11) is 0. The van der Waals surface area contributed by atoms with Crippen molar-refractivity contribution in [3.63, 3.8) is 0 Å². The fraction of sp³-hybridized carbons (Fsp3) is 0.250. The van der Waals surface area contributed by atoms with Crippen LogP contribution in [0.15, 0.2) is 36.4 Å². The maximum Gasteiger partial charge on any atom is 0.287 e. The molecule has 0 aromatic heterocycles.